The average Bonchev–Trinajstić information content (AvgIpc) is 3.53. The molecule has 1 fully saturated rings. The number of rotatable bonds is 11. The molecule has 47 heavy (non-hydrogen) atoms. The van der Waals surface area contributed by atoms with Gasteiger partial charge >= 0.3 is 6.03 Å². The van der Waals surface area contributed by atoms with Gasteiger partial charge in [-0.1, -0.05) is 96.8 Å². The Bertz CT molecular complexity index is 1730. The molecule has 5 aromatic rings. The smallest absolute Gasteiger partial charge is 0.319 e. The molecule has 2 heterocycles. The number of nitrogens with zero attached hydrogens (tertiary/aromatic N) is 2. The van der Waals surface area contributed by atoms with Gasteiger partial charge in [0.25, 0.3) is 0 Å². The van der Waals surface area contributed by atoms with E-state index < -0.39 is 6.29 Å². The zero-order chi connectivity index (χ0) is 32.6. The molecule has 4 atom stereocenters. The maximum atomic E-state index is 12.6. The number of thioether (sulfide) groups is 1. The van der Waals surface area contributed by atoms with Crippen LogP contribution < -0.4 is 15.4 Å². The van der Waals surface area contributed by atoms with Crippen LogP contribution in [0.15, 0.2) is 107 Å². The third-order valence-electron chi connectivity index (χ3n) is 7.80. The van der Waals surface area contributed by atoms with Gasteiger partial charge in [-0.15, -0.1) is 10.2 Å². The summed E-state index contributed by atoms with van der Waals surface area (Å²) in [5.41, 5.74) is 4.38. The largest absolute Gasteiger partial charge is 0.457 e. The number of hydrogen-bond acceptors (Lipinski definition) is 9. The molecule has 0 radical (unpaired) electrons. The first-order valence-corrected chi connectivity index (χ1v) is 17.1. The molecule has 4 unspecified atom stereocenters. The summed E-state index contributed by atoms with van der Waals surface area (Å²) in [4.78, 5) is 12.6. The predicted molar refractivity (Wildman–Crippen MR) is 184 cm³/mol. The van der Waals surface area contributed by atoms with E-state index in [1.54, 1.807) is 35.2 Å². The number of carbonyl (C=O) groups is 1. The maximum Gasteiger partial charge on any atom is 0.319 e. The lowest BCUT2D eigenvalue weighted by atomic mass is 9.91. The standard InChI is InChI=1S/C36H36N4O5S2/c1-23-32(22-46-36-40-39-24(2)47-36)44-34(45-33(23)27-12-10-26(21-41)11-13-27)28-14-8-25(9-15-28)20-37-35(42)38-29-16-18-31(19-17-29)43-30-6-4-3-5-7-30/h3-19,23,32-34,41H,20-22H2,1-2H3,(H2,37,38,42). The molecule has 1 saturated heterocycles. The summed E-state index contributed by atoms with van der Waals surface area (Å²) in [5, 5.41) is 24.6. The van der Waals surface area contributed by atoms with E-state index in [2.05, 4.69) is 27.8 Å². The highest BCUT2D eigenvalue weighted by Crippen LogP contribution is 2.43. The van der Waals surface area contributed by atoms with Crippen molar-refractivity contribution in [3.8, 4) is 11.5 Å². The van der Waals surface area contributed by atoms with E-state index in [0.29, 0.717) is 23.7 Å². The quantitative estimate of drug-likeness (QED) is 0.121. The number of carbonyl (C=O) groups excluding carboxylic acids is 1. The van der Waals surface area contributed by atoms with E-state index in [4.69, 9.17) is 14.2 Å². The van der Waals surface area contributed by atoms with Gasteiger partial charge in [0.15, 0.2) is 10.6 Å². The number of nitrogens with one attached hydrogen (secondary N) is 2. The van der Waals surface area contributed by atoms with E-state index in [0.717, 1.165) is 37.4 Å². The Balaban J connectivity index is 1.06. The normalized spacial score (nSPS) is 19.2. The number of aliphatic hydroxyl groups is 1. The molecule has 3 N–H and O–H groups in total. The fourth-order valence-corrected chi connectivity index (χ4v) is 7.19. The Morgan fingerprint density at radius 2 is 1.55 bits per heavy atom. The van der Waals surface area contributed by atoms with Gasteiger partial charge in [-0.25, -0.2) is 4.79 Å². The van der Waals surface area contributed by atoms with Crippen LogP contribution in [0.1, 0.15) is 46.6 Å². The molecule has 9 nitrogen and oxygen atoms in total. The van der Waals surface area contributed by atoms with Crippen molar-refractivity contribution in [3.05, 3.63) is 130 Å². The van der Waals surface area contributed by atoms with Gasteiger partial charge in [-0.2, -0.15) is 0 Å². The molecule has 1 aromatic heterocycles. The van der Waals surface area contributed by atoms with Crippen molar-refractivity contribution in [2.75, 3.05) is 11.1 Å². The van der Waals surface area contributed by atoms with Crippen LogP contribution in [0.4, 0.5) is 10.5 Å². The van der Waals surface area contributed by atoms with Crippen LogP contribution in [0.2, 0.25) is 0 Å². The summed E-state index contributed by atoms with van der Waals surface area (Å²) in [6, 6.07) is 32.2. The van der Waals surface area contributed by atoms with E-state index in [9.17, 15) is 9.90 Å². The molecule has 4 aromatic carbocycles. The Kier molecular flexibility index (Phi) is 10.8. The molecule has 0 spiro atoms. The molecule has 2 amide bonds. The number of aryl methyl sites for hydroxylation is 1. The van der Waals surface area contributed by atoms with Crippen LogP contribution in [-0.2, 0) is 22.6 Å². The van der Waals surface area contributed by atoms with Gasteiger partial charge in [-0.3, -0.25) is 0 Å². The second kappa shape index (κ2) is 15.6. The number of aromatic nitrogens is 2. The molecular weight excluding hydrogens is 633 g/mol. The number of benzene rings is 4. The minimum Gasteiger partial charge on any atom is -0.457 e. The fourth-order valence-electron chi connectivity index (χ4n) is 5.18. The molecule has 11 heteroatoms. The Hall–Kier alpha value is -4.26. The molecule has 0 saturated carbocycles. The van der Waals surface area contributed by atoms with Crippen LogP contribution in [0.5, 0.6) is 11.5 Å². The van der Waals surface area contributed by atoms with Crippen molar-refractivity contribution in [2.45, 2.75) is 49.8 Å². The highest BCUT2D eigenvalue weighted by Gasteiger charge is 2.38. The van der Waals surface area contributed by atoms with E-state index in [1.165, 1.54) is 0 Å². The molecule has 1 aliphatic heterocycles. The number of para-hydroxylation sites is 1. The summed E-state index contributed by atoms with van der Waals surface area (Å²) >= 11 is 3.22. The summed E-state index contributed by atoms with van der Waals surface area (Å²) < 4.78 is 19.8. The third kappa shape index (κ3) is 8.76. The number of urea groups is 1. The van der Waals surface area contributed by atoms with Crippen LogP contribution in [0.3, 0.4) is 0 Å². The minimum atomic E-state index is -0.574. The van der Waals surface area contributed by atoms with Crippen LogP contribution in [0.25, 0.3) is 0 Å². The molecular formula is C36H36N4O5S2. The number of hydrogen-bond donors (Lipinski definition) is 3. The fraction of sp³-hybridized carbons (Fsp3) is 0.250. The van der Waals surface area contributed by atoms with Crippen LogP contribution in [0, 0.1) is 12.8 Å². The van der Waals surface area contributed by atoms with Gasteiger partial charge in [0.2, 0.25) is 0 Å². The average molecular weight is 669 g/mol. The van der Waals surface area contributed by atoms with Crippen molar-refractivity contribution in [1.82, 2.24) is 15.5 Å². The van der Waals surface area contributed by atoms with Crippen LogP contribution in [-0.4, -0.2) is 33.2 Å². The molecule has 0 bridgehead atoms. The summed E-state index contributed by atoms with van der Waals surface area (Å²) in [6.45, 7) is 4.44. The summed E-state index contributed by atoms with van der Waals surface area (Å²) in [5.74, 6) is 2.22. The van der Waals surface area contributed by atoms with E-state index in [1.807, 2.05) is 97.9 Å². The molecule has 6 rings (SSSR count). The first-order valence-electron chi connectivity index (χ1n) is 15.3. The number of amides is 2. The number of anilines is 1. The zero-order valence-corrected chi connectivity index (χ0v) is 27.7. The number of aliphatic hydroxyl groups excluding tert-OH is 1. The van der Waals surface area contributed by atoms with Gasteiger partial charge in [0.05, 0.1) is 18.8 Å². The Morgan fingerprint density at radius 1 is 0.872 bits per heavy atom. The van der Waals surface area contributed by atoms with Crippen molar-refractivity contribution in [2.24, 2.45) is 5.92 Å². The second-order valence-electron chi connectivity index (χ2n) is 11.2. The van der Waals surface area contributed by atoms with Crippen LogP contribution >= 0.6 is 23.1 Å². The highest BCUT2D eigenvalue weighted by atomic mass is 32.2. The summed E-state index contributed by atoms with van der Waals surface area (Å²) in [7, 11) is 0. The third-order valence-corrected chi connectivity index (χ3v) is 9.86. The van der Waals surface area contributed by atoms with Crippen molar-refractivity contribution < 1.29 is 24.1 Å². The molecule has 1 aliphatic rings. The topological polar surface area (TPSA) is 115 Å². The Labute approximate surface area is 282 Å². The molecule has 0 aliphatic carbocycles. The lowest BCUT2D eigenvalue weighted by Crippen LogP contribution is -2.38. The van der Waals surface area contributed by atoms with Crippen molar-refractivity contribution in [3.63, 3.8) is 0 Å². The number of ether oxygens (including phenoxy) is 3. The Morgan fingerprint density at radius 3 is 2.23 bits per heavy atom. The van der Waals surface area contributed by atoms with Gasteiger partial charge in [-0.05, 0) is 60.0 Å². The molecule has 242 valence electrons. The predicted octanol–water partition coefficient (Wildman–Crippen LogP) is 8.04. The van der Waals surface area contributed by atoms with Gasteiger partial charge in [0.1, 0.15) is 16.5 Å². The van der Waals surface area contributed by atoms with Crippen molar-refractivity contribution >= 4 is 34.8 Å². The first-order chi connectivity index (χ1) is 22.9. The lowest BCUT2D eigenvalue weighted by molar-refractivity contribution is -0.268. The van der Waals surface area contributed by atoms with Gasteiger partial charge < -0.3 is 30.0 Å². The SMILES string of the molecule is Cc1nnc(SCC2OC(c3ccc(CNC(=O)Nc4ccc(Oc5ccccc5)cc4)cc3)OC(c3ccc(CO)cc3)C2C)s1. The van der Waals surface area contributed by atoms with E-state index >= 15 is 0 Å². The highest BCUT2D eigenvalue weighted by molar-refractivity contribution is 8.01. The monoisotopic (exact) mass is 668 g/mol. The van der Waals surface area contributed by atoms with E-state index in [-0.39, 0.29) is 30.8 Å². The minimum absolute atomic E-state index is 0.00575. The zero-order valence-electron chi connectivity index (χ0n) is 26.0. The first kappa shape index (κ1) is 32.7. The van der Waals surface area contributed by atoms with Gasteiger partial charge in [0, 0.05) is 29.5 Å². The lowest BCUT2D eigenvalue weighted by Gasteiger charge is -2.41. The van der Waals surface area contributed by atoms with Crippen molar-refractivity contribution in [1.29, 1.82) is 0 Å². The summed E-state index contributed by atoms with van der Waals surface area (Å²) in [6.07, 6.45) is -0.878. The second-order valence-corrected chi connectivity index (χ2v) is 13.7. The maximum absolute atomic E-state index is 12.6.